The average molecular weight is 246 g/mol. The zero-order valence-corrected chi connectivity index (χ0v) is 10.4. The Morgan fingerprint density at radius 1 is 1.12 bits per heavy atom. The Bertz CT molecular complexity index is 209. The van der Waals surface area contributed by atoms with Crippen LogP contribution in [0, 0.1) is 0 Å². The van der Waals surface area contributed by atoms with Crippen molar-refractivity contribution < 1.29 is 24.1 Å². The smallest absolute Gasteiger partial charge is 0.280 e. The van der Waals surface area contributed by atoms with Gasteiger partial charge in [0, 0.05) is 6.42 Å². The molecule has 1 N–H and O–H groups in total. The van der Waals surface area contributed by atoms with Crippen molar-refractivity contribution in [2.75, 3.05) is 26.4 Å². The maximum Gasteiger partial charge on any atom is 0.280 e. The number of unbranched alkanes of at least 4 members (excludes halogenated alkanes) is 2. The maximum absolute atomic E-state index is 10.2. The summed E-state index contributed by atoms with van der Waals surface area (Å²) in [5.74, 6) is -1.47. The summed E-state index contributed by atoms with van der Waals surface area (Å²) in [5, 5.41) is 10.2. The molecule has 0 saturated carbocycles. The largest absolute Gasteiger partial charge is 0.371 e. The lowest BCUT2D eigenvalue weighted by atomic mass is 10.2. The molecule has 5 nitrogen and oxygen atoms in total. The molecule has 2 fully saturated rings. The molecule has 2 unspecified atom stereocenters. The van der Waals surface area contributed by atoms with Gasteiger partial charge in [-0.05, 0) is 6.42 Å². The normalized spacial score (nSPS) is 30.0. The maximum atomic E-state index is 10.2. The molecule has 0 radical (unpaired) electrons. The Kier molecular flexibility index (Phi) is 4.76. The van der Waals surface area contributed by atoms with Gasteiger partial charge in [0.1, 0.15) is 12.2 Å². The summed E-state index contributed by atoms with van der Waals surface area (Å²) in [6.45, 7) is 4.35. The van der Waals surface area contributed by atoms with Crippen molar-refractivity contribution in [3.05, 3.63) is 0 Å². The molecule has 0 spiro atoms. The van der Waals surface area contributed by atoms with Crippen molar-refractivity contribution in [1.82, 2.24) is 0 Å². The van der Waals surface area contributed by atoms with Gasteiger partial charge in [-0.15, -0.1) is 0 Å². The van der Waals surface area contributed by atoms with Crippen molar-refractivity contribution in [3.8, 4) is 0 Å². The molecule has 0 amide bonds. The minimum atomic E-state index is -1.47. The molecule has 0 bridgehead atoms. The molecule has 17 heavy (non-hydrogen) atoms. The van der Waals surface area contributed by atoms with Gasteiger partial charge >= 0.3 is 0 Å². The fraction of sp³-hybridized carbons (Fsp3) is 1.00. The summed E-state index contributed by atoms with van der Waals surface area (Å²) < 4.78 is 21.0. The van der Waals surface area contributed by atoms with E-state index in [1.807, 2.05) is 0 Å². The Morgan fingerprint density at radius 2 is 1.65 bits per heavy atom. The Balaban J connectivity index is 1.69. The standard InChI is InChI=1S/C12H22O5/c1-2-3-4-5-12(13,16-8-10-6-14-10)17-9-11-7-15-11/h10-11,13H,2-9H2,1H3. The lowest BCUT2D eigenvalue weighted by Gasteiger charge is -2.27. The van der Waals surface area contributed by atoms with Crippen LogP contribution in [0.2, 0.25) is 0 Å². The van der Waals surface area contributed by atoms with Gasteiger partial charge in [0.05, 0.1) is 26.4 Å². The summed E-state index contributed by atoms with van der Waals surface area (Å²) in [7, 11) is 0. The predicted molar refractivity (Wildman–Crippen MR) is 60.5 cm³/mol. The van der Waals surface area contributed by atoms with Crippen LogP contribution < -0.4 is 0 Å². The van der Waals surface area contributed by atoms with E-state index < -0.39 is 5.97 Å². The van der Waals surface area contributed by atoms with Crippen LogP contribution in [-0.2, 0) is 18.9 Å². The van der Waals surface area contributed by atoms with E-state index in [1.165, 1.54) is 0 Å². The van der Waals surface area contributed by atoms with E-state index >= 15 is 0 Å². The van der Waals surface area contributed by atoms with Crippen molar-refractivity contribution >= 4 is 0 Å². The second-order valence-electron chi connectivity index (χ2n) is 4.70. The first kappa shape index (κ1) is 13.2. The van der Waals surface area contributed by atoms with Crippen LogP contribution in [0.25, 0.3) is 0 Å². The monoisotopic (exact) mass is 246 g/mol. The summed E-state index contributed by atoms with van der Waals surface area (Å²) in [4.78, 5) is 0. The van der Waals surface area contributed by atoms with Crippen molar-refractivity contribution in [1.29, 1.82) is 0 Å². The lowest BCUT2D eigenvalue weighted by molar-refractivity contribution is -0.365. The molecule has 5 heteroatoms. The van der Waals surface area contributed by atoms with Gasteiger partial charge in [-0.3, -0.25) is 0 Å². The van der Waals surface area contributed by atoms with E-state index in [0.29, 0.717) is 19.6 Å². The number of hydrogen-bond donors (Lipinski definition) is 1. The van der Waals surface area contributed by atoms with Crippen LogP contribution in [0.3, 0.4) is 0 Å². The number of aliphatic hydroxyl groups is 1. The SMILES string of the molecule is CCCCCC(O)(OCC1CO1)OCC1CO1. The Hall–Kier alpha value is -0.200. The van der Waals surface area contributed by atoms with Crippen LogP contribution in [0.15, 0.2) is 0 Å². The quantitative estimate of drug-likeness (QED) is 0.354. The first-order valence-corrected chi connectivity index (χ1v) is 6.45. The van der Waals surface area contributed by atoms with E-state index in [0.717, 1.165) is 32.5 Å². The van der Waals surface area contributed by atoms with Crippen LogP contribution in [-0.4, -0.2) is 49.7 Å². The molecule has 2 atom stereocenters. The third kappa shape index (κ3) is 5.31. The van der Waals surface area contributed by atoms with Gasteiger partial charge < -0.3 is 24.1 Å². The van der Waals surface area contributed by atoms with Gasteiger partial charge in [-0.2, -0.15) is 0 Å². The fourth-order valence-corrected chi connectivity index (χ4v) is 1.56. The number of hydrogen-bond acceptors (Lipinski definition) is 5. The zero-order chi connectivity index (χ0) is 12.1. The molecule has 0 aromatic carbocycles. The predicted octanol–water partition coefficient (Wildman–Crippen LogP) is 1.04. The highest BCUT2D eigenvalue weighted by Crippen LogP contribution is 2.23. The van der Waals surface area contributed by atoms with Crippen LogP contribution >= 0.6 is 0 Å². The Labute approximate surface area is 102 Å². The van der Waals surface area contributed by atoms with E-state index in [4.69, 9.17) is 18.9 Å². The number of epoxide rings is 2. The van der Waals surface area contributed by atoms with Crippen LogP contribution in [0.5, 0.6) is 0 Å². The minimum absolute atomic E-state index is 0.133. The summed E-state index contributed by atoms with van der Waals surface area (Å²) in [6, 6.07) is 0. The molecule has 2 rings (SSSR count). The van der Waals surface area contributed by atoms with Crippen molar-refractivity contribution in [2.45, 2.75) is 50.8 Å². The molecule has 2 saturated heterocycles. The number of ether oxygens (including phenoxy) is 4. The van der Waals surface area contributed by atoms with Gasteiger partial charge in [0.25, 0.3) is 5.97 Å². The highest BCUT2D eigenvalue weighted by Gasteiger charge is 2.35. The van der Waals surface area contributed by atoms with Crippen LogP contribution in [0.1, 0.15) is 32.6 Å². The van der Waals surface area contributed by atoms with E-state index in [9.17, 15) is 5.11 Å². The second kappa shape index (κ2) is 6.11. The first-order valence-electron chi connectivity index (χ1n) is 6.45. The average Bonchev–Trinajstić information content (AvgIpc) is 3.18. The molecule has 2 heterocycles. The first-order chi connectivity index (χ1) is 8.22. The lowest BCUT2D eigenvalue weighted by Crippen LogP contribution is -2.38. The number of rotatable bonds is 10. The molecule has 0 aromatic rings. The van der Waals surface area contributed by atoms with Gasteiger partial charge in [-0.25, -0.2) is 0 Å². The highest BCUT2D eigenvalue weighted by atomic mass is 16.8. The summed E-state index contributed by atoms with van der Waals surface area (Å²) >= 11 is 0. The summed E-state index contributed by atoms with van der Waals surface area (Å²) in [6.07, 6.45) is 3.83. The molecule has 100 valence electrons. The zero-order valence-electron chi connectivity index (χ0n) is 10.4. The third-order valence-electron chi connectivity index (χ3n) is 2.89. The fourth-order valence-electron chi connectivity index (χ4n) is 1.56. The van der Waals surface area contributed by atoms with E-state index in [2.05, 4.69) is 6.92 Å². The summed E-state index contributed by atoms with van der Waals surface area (Å²) in [5.41, 5.74) is 0. The third-order valence-corrected chi connectivity index (χ3v) is 2.89. The van der Waals surface area contributed by atoms with Gasteiger partial charge in [0.2, 0.25) is 0 Å². The molecule has 2 aliphatic heterocycles. The molecular formula is C12H22O5. The topological polar surface area (TPSA) is 63.8 Å². The molecule has 0 aromatic heterocycles. The van der Waals surface area contributed by atoms with Gasteiger partial charge in [0.15, 0.2) is 0 Å². The van der Waals surface area contributed by atoms with Crippen LogP contribution in [0.4, 0.5) is 0 Å². The van der Waals surface area contributed by atoms with Gasteiger partial charge in [-0.1, -0.05) is 19.8 Å². The Morgan fingerprint density at radius 3 is 2.06 bits per heavy atom. The van der Waals surface area contributed by atoms with E-state index in [-0.39, 0.29) is 12.2 Å². The van der Waals surface area contributed by atoms with E-state index in [1.54, 1.807) is 0 Å². The minimum Gasteiger partial charge on any atom is -0.371 e. The van der Waals surface area contributed by atoms with Crippen molar-refractivity contribution in [3.63, 3.8) is 0 Å². The molecular weight excluding hydrogens is 224 g/mol. The van der Waals surface area contributed by atoms with Crippen molar-refractivity contribution in [2.24, 2.45) is 0 Å². The second-order valence-corrected chi connectivity index (χ2v) is 4.70. The molecule has 0 aliphatic carbocycles. The molecule has 2 aliphatic rings. The highest BCUT2D eigenvalue weighted by molar-refractivity contribution is 4.71.